The van der Waals surface area contributed by atoms with Crippen LogP contribution in [0.1, 0.15) is 17.1 Å². The van der Waals surface area contributed by atoms with Crippen molar-refractivity contribution in [1.29, 1.82) is 0 Å². The van der Waals surface area contributed by atoms with Gasteiger partial charge < -0.3 is 181 Å². The first-order chi connectivity index (χ1) is 20.8. The zero-order valence-corrected chi connectivity index (χ0v) is 21.6. The molecule has 0 aromatic carbocycles. The molecule has 0 saturated heterocycles. The van der Waals surface area contributed by atoms with Crippen LogP contribution in [-0.2, 0) is 0 Å². The second-order valence-electron chi connectivity index (χ2n) is 3.46. The molecule has 0 N–H and O–H groups in total. The molecule has 0 aliphatic heterocycles. The average Bonchev–Trinajstić information content (AvgIpc) is 2.61. The number of rotatable bonds is 0. The van der Waals surface area contributed by atoms with Crippen LogP contribution in [0.4, 0.5) is 0 Å². The molecule has 0 aliphatic rings. The molecule has 50 heteroatoms. The molecule has 292 valence electrons. The average molecular weight is 734 g/mol. The third kappa shape index (κ3) is 385000. The van der Waals surface area contributed by atoms with Gasteiger partial charge in [-0.05, 0) is 0 Å². The second kappa shape index (κ2) is 87.4. The van der Waals surface area contributed by atoms with Crippen LogP contribution in [0.5, 0.6) is 0 Å². The van der Waals surface area contributed by atoms with Gasteiger partial charge in [0.05, 0.1) is 0 Å². The Balaban J connectivity index is -0.00000000931. The SMILES string of the molecule is [H+].[H+].[H+].[H+].[H+].[H+].[H+].[H+].[H+].[H+].[H+].[H+].[LiH].[LiH].[O-]B([O-])[O-].[O-]B([O-])[O-].[O-]B([O-])[O-].[O-]B([O-])[O-].[O-]B([O-])[O-].[O-]B([O-])[O-].[O-]B([O-])[O-].[O-]B([O-])[O-].[O-]B([O-])[O-].[O-]B([O-])[O-].[O-]B([O-])[O-].[O-]B([O-])[O-]. The molecular formula is H14B12Li2O36-24. The smallest absolute Gasteiger partial charge is 0.278 e. The van der Waals surface area contributed by atoms with E-state index in [9.17, 15) is 0 Å². The van der Waals surface area contributed by atoms with Crippen molar-refractivity contribution in [2.24, 2.45) is 0 Å². The van der Waals surface area contributed by atoms with Gasteiger partial charge in [-0.1, -0.05) is 0 Å². The van der Waals surface area contributed by atoms with Gasteiger partial charge in [-0.15, -0.1) is 0 Å². The summed E-state index contributed by atoms with van der Waals surface area (Å²) in [7, 11) is -35.0. The fraction of sp³-hybridized carbons (Fsp3) is 0. The minimum Gasteiger partial charge on any atom is -0.907 e. The minimum absolute atomic E-state index is 0. The molecule has 0 aromatic heterocycles. The molecule has 50 heavy (non-hydrogen) atoms. The van der Waals surface area contributed by atoms with Crippen molar-refractivity contribution in [1.82, 2.24) is 0 Å². The Hall–Kier alpha value is 0.534. The molecule has 0 saturated carbocycles. The summed E-state index contributed by atoms with van der Waals surface area (Å²) in [6.45, 7) is 0. The van der Waals surface area contributed by atoms with Crippen molar-refractivity contribution in [2.45, 2.75) is 0 Å². The van der Waals surface area contributed by atoms with E-state index in [-0.39, 0.29) is 54.8 Å². The molecule has 0 spiro atoms. The molecule has 0 fully saturated rings. The maximum atomic E-state index is 8.42. The van der Waals surface area contributed by atoms with E-state index in [0.717, 1.165) is 0 Å². The van der Waals surface area contributed by atoms with Crippen LogP contribution >= 0.6 is 0 Å². The monoisotopic (exact) mass is 736 g/mol. The Morgan fingerprint density at radius 3 is 0.120 bits per heavy atom. The molecule has 0 atom stereocenters. The number of hydrogen-bond donors (Lipinski definition) is 0. The molecule has 0 aliphatic carbocycles. The summed E-state index contributed by atoms with van der Waals surface area (Å²) in [5.74, 6) is 0. The molecule has 0 amide bonds. The van der Waals surface area contributed by atoms with E-state index < -0.39 is 87.9 Å². The van der Waals surface area contributed by atoms with Crippen LogP contribution in [0, 0.1) is 0 Å². The standard InChI is InChI=1S/12BO3.2Li.2H/c12*2-1(3)4;;;;/q12*-3;;;;/p+12. The molecule has 0 unspecified atom stereocenters. The predicted octanol–water partition coefficient (Wildman–Crippen LogP) is -47.3. The molecule has 36 nitrogen and oxygen atoms in total. The van der Waals surface area contributed by atoms with E-state index in [4.69, 9.17) is 181 Å². The maximum Gasteiger partial charge on any atom is -0.278 e. The van der Waals surface area contributed by atoms with Crippen molar-refractivity contribution in [2.75, 3.05) is 0 Å². The van der Waals surface area contributed by atoms with Crippen molar-refractivity contribution in [3.05, 3.63) is 0 Å². The van der Waals surface area contributed by atoms with E-state index >= 15 is 0 Å². The van der Waals surface area contributed by atoms with Gasteiger partial charge in [-0.25, -0.2) is 0 Å². The summed E-state index contributed by atoms with van der Waals surface area (Å²) in [5, 5.41) is 303. The van der Waals surface area contributed by atoms with Crippen LogP contribution in [0.15, 0.2) is 0 Å². The van der Waals surface area contributed by atoms with E-state index in [1.54, 1.807) is 0 Å². The minimum atomic E-state index is -2.92. The van der Waals surface area contributed by atoms with Crippen molar-refractivity contribution >= 4 is 126 Å². The van der Waals surface area contributed by atoms with Crippen LogP contribution in [0.25, 0.3) is 0 Å². The summed E-state index contributed by atoms with van der Waals surface area (Å²) in [5.41, 5.74) is 0. The Morgan fingerprint density at radius 1 is 0.120 bits per heavy atom. The van der Waals surface area contributed by atoms with E-state index in [1.807, 2.05) is 0 Å². The first-order valence-corrected chi connectivity index (χ1v) is 8.49. The van der Waals surface area contributed by atoms with Gasteiger partial charge in [0, 0.05) is 0 Å². The number of hydrogen-bond acceptors (Lipinski definition) is 36. The molecule has 0 aromatic rings. The Labute approximate surface area is 324 Å². The Morgan fingerprint density at radius 2 is 0.120 bits per heavy atom. The summed E-state index contributed by atoms with van der Waals surface area (Å²) in [4.78, 5) is 0. The summed E-state index contributed by atoms with van der Waals surface area (Å²) in [6, 6.07) is 0. The molecule has 0 heterocycles. The van der Waals surface area contributed by atoms with Gasteiger partial charge in [0.1, 0.15) is 0 Å². The van der Waals surface area contributed by atoms with Crippen molar-refractivity contribution in [3.63, 3.8) is 0 Å². The first kappa shape index (κ1) is 92.9. The molecular weight excluding hydrogens is 720 g/mol. The molecule has 0 bridgehead atoms. The van der Waals surface area contributed by atoms with Gasteiger partial charge in [-0.2, -0.15) is 0 Å². The van der Waals surface area contributed by atoms with Gasteiger partial charge in [0.2, 0.25) is 0 Å². The van der Waals surface area contributed by atoms with Crippen LogP contribution in [0.3, 0.4) is 0 Å². The normalized spacial score (nSPS) is 6.48. The third-order valence-electron chi connectivity index (χ3n) is 0. The van der Waals surface area contributed by atoms with Crippen LogP contribution in [0.2, 0.25) is 0 Å². The summed E-state index contributed by atoms with van der Waals surface area (Å²) >= 11 is 0. The quantitative estimate of drug-likeness (QED) is 0.208. The summed E-state index contributed by atoms with van der Waals surface area (Å²) in [6.07, 6.45) is 0. The zero-order valence-electron chi connectivity index (χ0n) is 33.6. The molecule has 0 radical (unpaired) electrons. The fourth-order valence-corrected chi connectivity index (χ4v) is 0. The van der Waals surface area contributed by atoms with E-state index in [1.165, 1.54) is 0 Å². The van der Waals surface area contributed by atoms with Crippen LogP contribution in [-0.4, -0.2) is 126 Å². The fourth-order valence-electron chi connectivity index (χ4n) is 0. The Bertz CT molecular complexity index is 281. The second-order valence-corrected chi connectivity index (χ2v) is 3.46. The maximum absolute atomic E-state index is 8.42. The van der Waals surface area contributed by atoms with Gasteiger partial charge in [0.25, 0.3) is 0 Å². The Kier molecular flexibility index (Phi) is 162. The van der Waals surface area contributed by atoms with Crippen LogP contribution < -0.4 is 181 Å². The van der Waals surface area contributed by atoms with E-state index in [2.05, 4.69) is 0 Å². The van der Waals surface area contributed by atoms with Crippen molar-refractivity contribution in [3.8, 4) is 0 Å². The topological polar surface area (TPSA) is 830 Å². The zero-order chi connectivity index (χ0) is 42.9. The van der Waals surface area contributed by atoms with Gasteiger partial charge in [0.15, 0.2) is 0 Å². The van der Waals surface area contributed by atoms with Gasteiger partial charge in [-0.3, -0.25) is 87.9 Å². The largest absolute Gasteiger partial charge is 0.907 e. The van der Waals surface area contributed by atoms with Crippen molar-refractivity contribution < 1.29 is 198 Å². The third-order valence-corrected chi connectivity index (χ3v) is 0. The first-order valence-electron chi connectivity index (χ1n) is 8.49. The summed E-state index contributed by atoms with van der Waals surface area (Å²) < 4.78 is 0. The van der Waals surface area contributed by atoms with Gasteiger partial charge >= 0.3 is 54.8 Å². The predicted molar refractivity (Wildman–Crippen MR) is 96.7 cm³/mol. The molecule has 0 rings (SSSR count). The van der Waals surface area contributed by atoms with E-state index in [0.29, 0.717) is 0 Å².